The average Bonchev–Trinajstić information content (AvgIpc) is 2.45. The molecule has 0 saturated carbocycles. The van der Waals surface area contributed by atoms with E-state index in [9.17, 15) is 13.5 Å². The van der Waals surface area contributed by atoms with Crippen molar-refractivity contribution in [1.82, 2.24) is 9.97 Å². The number of aromatic nitrogens is 2. The molecule has 1 aliphatic rings. The first-order valence-corrected chi connectivity index (χ1v) is 8.05. The first kappa shape index (κ1) is 15.0. The quantitative estimate of drug-likeness (QED) is 0.864. The van der Waals surface area contributed by atoms with Crippen LogP contribution in [-0.2, 0) is 9.84 Å². The summed E-state index contributed by atoms with van der Waals surface area (Å²) in [4.78, 5) is 8.05. The van der Waals surface area contributed by atoms with E-state index in [1.165, 1.54) is 20.4 Å². The third-order valence-electron chi connectivity index (χ3n) is 3.41. The van der Waals surface area contributed by atoms with Crippen molar-refractivity contribution >= 4 is 9.84 Å². The summed E-state index contributed by atoms with van der Waals surface area (Å²) in [6.07, 6.45) is 1.91. The molecule has 2 heterocycles. The molecule has 1 aliphatic heterocycles. The minimum atomic E-state index is -3.32. The fraction of sp³-hybridized carbons (Fsp3) is 0.667. The van der Waals surface area contributed by atoms with Gasteiger partial charge in [0.05, 0.1) is 31.4 Å². The van der Waals surface area contributed by atoms with Crippen LogP contribution in [0.4, 0.5) is 0 Å². The summed E-state index contributed by atoms with van der Waals surface area (Å²) in [5.41, 5.74) is 0.128. The fourth-order valence-corrected chi connectivity index (χ4v) is 4.28. The van der Waals surface area contributed by atoms with Gasteiger partial charge in [0, 0.05) is 0 Å². The van der Waals surface area contributed by atoms with Crippen LogP contribution in [0.25, 0.3) is 0 Å². The smallest absolute Gasteiger partial charge is 0.241 e. The van der Waals surface area contributed by atoms with Crippen LogP contribution in [0, 0.1) is 0 Å². The zero-order chi connectivity index (χ0) is 14.8. The van der Waals surface area contributed by atoms with Crippen molar-refractivity contribution in [3.8, 4) is 11.8 Å². The van der Waals surface area contributed by atoms with Gasteiger partial charge in [-0.2, -0.15) is 4.98 Å². The molecule has 1 saturated heterocycles. The summed E-state index contributed by atoms with van der Waals surface area (Å²) in [6, 6.07) is 0. The lowest BCUT2D eigenvalue weighted by atomic mass is 10.1. The largest absolute Gasteiger partial charge is 0.480 e. The fourth-order valence-electron chi connectivity index (χ4n) is 2.33. The number of rotatable bonds is 4. The van der Waals surface area contributed by atoms with Crippen molar-refractivity contribution in [2.24, 2.45) is 0 Å². The van der Waals surface area contributed by atoms with Gasteiger partial charge in [-0.1, -0.05) is 6.42 Å². The Balaban J connectivity index is 2.35. The van der Waals surface area contributed by atoms with E-state index < -0.39 is 21.2 Å². The number of aliphatic hydroxyl groups excluding tert-OH is 1. The van der Waals surface area contributed by atoms with Crippen LogP contribution in [0.5, 0.6) is 11.8 Å². The molecule has 0 spiro atoms. The zero-order valence-corrected chi connectivity index (χ0v) is 12.3. The Labute approximate surface area is 117 Å². The first-order valence-electron chi connectivity index (χ1n) is 6.34. The van der Waals surface area contributed by atoms with Crippen LogP contribution in [0.3, 0.4) is 0 Å². The molecule has 0 bridgehead atoms. The number of sulfone groups is 1. The van der Waals surface area contributed by atoms with Crippen LogP contribution < -0.4 is 9.47 Å². The Morgan fingerprint density at radius 3 is 2.70 bits per heavy atom. The third-order valence-corrected chi connectivity index (χ3v) is 5.68. The Bertz CT molecular complexity index is 575. The predicted octanol–water partition coefficient (Wildman–Crippen LogP) is 0.494. The van der Waals surface area contributed by atoms with Crippen molar-refractivity contribution in [2.45, 2.75) is 30.6 Å². The minimum absolute atomic E-state index is 0.0811. The molecular formula is C12H18N2O5S. The van der Waals surface area contributed by atoms with E-state index in [2.05, 4.69) is 9.97 Å². The van der Waals surface area contributed by atoms with Gasteiger partial charge in [0.25, 0.3) is 0 Å². The third kappa shape index (κ3) is 2.85. The van der Waals surface area contributed by atoms with E-state index in [1.54, 1.807) is 0 Å². The monoisotopic (exact) mass is 302 g/mol. The zero-order valence-electron chi connectivity index (χ0n) is 11.4. The molecule has 2 unspecified atom stereocenters. The molecule has 7 nitrogen and oxygen atoms in total. The van der Waals surface area contributed by atoms with Gasteiger partial charge in [0.15, 0.2) is 9.84 Å². The van der Waals surface area contributed by atoms with Crippen LogP contribution in [0.2, 0.25) is 0 Å². The van der Waals surface area contributed by atoms with Gasteiger partial charge in [-0.3, -0.25) is 0 Å². The van der Waals surface area contributed by atoms with Crippen LogP contribution in [0.1, 0.15) is 31.1 Å². The molecule has 0 aromatic carbocycles. The number of methoxy groups -OCH3 is 2. The average molecular weight is 302 g/mol. The lowest BCUT2D eigenvalue weighted by Crippen LogP contribution is -2.34. The molecule has 20 heavy (non-hydrogen) atoms. The second-order valence-electron chi connectivity index (χ2n) is 4.65. The Kier molecular flexibility index (Phi) is 4.44. The van der Waals surface area contributed by atoms with Gasteiger partial charge in [-0.25, -0.2) is 13.4 Å². The lowest BCUT2D eigenvalue weighted by molar-refractivity contribution is 0.154. The Morgan fingerprint density at radius 1 is 1.35 bits per heavy atom. The molecule has 1 N–H and O–H groups in total. The minimum Gasteiger partial charge on any atom is -0.480 e. The summed E-state index contributed by atoms with van der Waals surface area (Å²) < 4.78 is 34.1. The van der Waals surface area contributed by atoms with Gasteiger partial charge >= 0.3 is 0 Å². The van der Waals surface area contributed by atoms with Crippen molar-refractivity contribution in [3.05, 3.63) is 11.9 Å². The first-order chi connectivity index (χ1) is 9.49. The van der Waals surface area contributed by atoms with E-state index in [4.69, 9.17) is 9.47 Å². The molecule has 0 radical (unpaired) electrons. The van der Waals surface area contributed by atoms with E-state index in [0.29, 0.717) is 12.8 Å². The Morgan fingerprint density at radius 2 is 2.10 bits per heavy atom. The number of aliphatic hydroxyl groups is 1. The molecule has 0 amide bonds. The summed E-state index contributed by atoms with van der Waals surface area (Å²) in [5.74, 6) is 0.419. The van der Waals surface area contributed by atoms with Crippen LogP contribution in [-0.4, -0.2) is 48.7 Å². The maximum atomic E-state index is 12.0. The van der Waals surface area contributed by atoms with Gasteiger partial charge < -0.3 is 14.6 Å². The molecule has 1 aromatic rings. The molecule has 2 atom stereocenters. The van der Waals surface area contributed by atoms with E-state index in [1.807, 2.05) is 0 Å². The van der Waals surface area contributed by atoms with Crippen molar-refractivity contribution in [2.75, 3.05) is 20.0 Å². The number of nitrogens with zero attached hydrogens (tertiary/aromatic N) is 2. The molecule has 8 heteroatoms. The summed E-state index contributed by atoms with van der Waals surface area (Å²) in [7, 11) is -0.497. The highest BCUT2D eigenvalue weighted by molar-refractivity contribution is 7.92. The van der Waals surface area contributed by atoms with Gasteiger partial charge in [0.2, 0.25) is 11.8 Å². The SMILES string of the molecule is COc1cnc(C(O)C2CCCCS2(=O)=O)c(OC)n1. The molecule has 112 valence electrons. The molecule has 2 rings (SSSR count). The molecule has 0 aliphatic carbocycles. The van der Waals surface area contributed by atoms with Gasteiger partial charge in [-0.15, -0.1) is 0 Å². The highest BCUT2D eigenvalue weighted by atomic mass is 32.2. The maximum absolute atomic E-state index is 12.0. The van der Waals surface area contributed by atoms with Crippen LogP contribution >= 0.6 is 0 Å². The second-order valence-corrected chi connectivity index (χ2v) is 6.99. The molecule has 1 fully saturated rings. The second kappa shape index (κ2) is 5.92. The van der Waals surface area contributed by atoms with E-state index in [0.717, 1.165) is 6.42 Å². The number of hydrogen-bond acceptors (Lipinski definition) is 7. The standard InChI is InChI=1S/C12H18N2O5S/c1-18-9-7-13-10(12(14-9)19-2)11(15)8-5-3-4-6-20(8,16)17/h7-8,11,15H,3-6H2,1-2H3. The highest BCUT2D eigenvalue weighted by Gasteiger charge is 2.37. The summed E-state index contributed by atoms with van der Waals surface area (Å²) in [5, 5.41) is 9.50. The summed E-state index contributed by atoms with van der Waals surface area (Å²) in [6.45, 7) is 0. The summed E-state index contributed by atoms with van der Waals surface area (Å²) >= 11 is 0. The van der Waals surface area contributed by atoms with E-state index in [-0.39, 0.29) is 23.2 Å². The predicted molar refractivity (Wildman–Crippen MR) is 71.5 cm³/mol. The van der Waals surface area contributed by atoms with Crippen molar-refractivity contribution in [1.29, 1.82) is 0 Å². The number of ether oxygens (including phenoxy) is 2. The van der Waals surface area contributed by atoms with Crippen LogP contribution in [0.15, 0.2) is 6.20 Å². The van der Waals surface area contributed by atoms with Crippen molar-refractivity contribution < 1.29 is 23.0 Å². The molecule has 1 aromatic heterocycles. The van der Waals surface area contributed by atoms with Gasteiger partial charge in [0.1, 0.15) is 11.8 Å². The topological polar surface area (TPSA) is 98.6 Å². The van der Waals surface area contributed by atoms with Crippen molar-refractivity contribution in [3.63, 3.8) is 0 Å². The molecular weight excluding hydrogens is 284 g/mol. The van der Waals surface area contributed by atoms with Gasteiger partial charge in [-0.05, 0) is 12.8 Å². The van der Waals surface area contributed by atoms with E-state index >= 15 is 0 Å². The normalized spacial score (nSPS) is 23.1. The maximum Gasteiger partial charge on any atom is 0.241 e. The highest BCUT2D eigenvalue weighted by Crippen LogP contribution is 2.33. The lowest BCUT2D eigenvalue weighted by Gasteiger charge is -2.26. The Hall–Kier alpha value is -1.41. The number of hydrogen-bond donors (Lipinski definition) is 1.